The highest BCUT2D eigenvalue weighted by Crippen LogP contribution is 2.32. The van der Waals surface area contributed by atoms with Crippen LogP contribution in [0.15, 0.2) is 0 Å². The second-order valence-electron chi connectivity index (χ2n) is 5.20. The van der Waals surface area contributed by atoms with Gasteiger partial charge in [-0.3, -0.25) is 0 Å². The SMILES string of the molecule is COCCNS(=O)(=O)NC1CC[C@H]2CNC[C@H]2C1. The molecule has 0 aromatic heterocycles. The van der Waals surface area contributed by atoms with Gasteiger partial charge in [0.2, 0.25) is 0 Å². The zero-order valence-corrected chi connectivity index (χ0v) is 11.6. The molecule has 0 amide bonds. The van der Waals surface area contributed by atoms with E-state index in [0.29, 0.717) is 19.1 Å². The standard InChI is InChI=1S/C11H23N3O3S/c1-17-5-4-13-18(15,16)14-11-3-2-9-7-12-8-10(9)6-11/h9-14H,2-8H2,1H3/t9-,10+,11?/m0/s1. The summed E-state index contributed by atoms with van der Waals surface area (Å²) in [6.07, 6.45) is 3.00. The van der Waals surface area contributed by atoms with Gasteiger partial charge in [-0.15, -0.1) is 0 Å². The minimum atomic E-state index is -3.38. The normalized spacial score (nSPS) is 32.4. The van der Waals surface area contributed by atoms with Gasteiger partial charge in [0.25, 0.3) is 10.2 Å². The van der Waals surface area contributed by atoms with Crippen molar-refractivity contribution in [2.45, 2.75) is 25.3 Å². The third kappa shape index (κ3) is 3.89. The van der Waals surface area contributed by atoms with Gasteiger partial charge in [0.05, 0.1) is 6.61 Å². The molecule has 0 aromatic carbocycles. The first kappa shape index (κ1) is 14.2. The molecule has 1 aliphatic heterocycles. The van der Waals surface area contributed by atoms with E-state index in [-0.39, 0.29) is 6.04 Å². The fourth-order valence-electron chi connectivity index (χ4n) is 2.95. The predicted octanol–water partition coefficient (Wildman–Crippen LogP) is -0.555. The summed E-state index contributed by atoms with van der Waals surface area (Å²) in [6, 6.07) is 0.0752. The fourth-order valence-corrected chi connectivity index (χ4v) is 4.03. The second kappa shape index (κ2) is 6.29. The molecule has 1 saturated heterocycles. The van der Waals surface area contributed by atoms with Crippen molar-refractivity contribution in [3.8, 4) is 0 Å². The zero-order chi connectivity index (χ0) is 13.0. The third-order valence-corrected chi connectivity index (χ3v) is 5.10. The van der Waals surface area contributed by atoms with Crippen molar-refractivity contribution in [3.63, 3.8) is 0 Å². The first-order valence-electron chi connectivity index (χ1n) is 6.57. The number of nitrogens with one attached hydrogen (secondary N) is 3. The number of ether oxygens (including phenoxy) is 1. The minimum absolute atomic E-state index is 0.0752. The molecule has 6 nitrogen and oxygen atoms in total. The first-order chi connectivity index (χ1) is 8.61. The van der Waals surface area contributed by atoms with Crippen LogP contribution in [-0.4, -0.2) is 47.8 Å². The Kier molecular flexibility index (Phi) is 4.97. The van der Waals surface area contributed by atoms with E-state index < -0.39 is 10.2 Å². The average Bonchev–Trinajstić information content (AvgIpc) is 2.75. The van der Waals surface area contributed by atoms with Gasteiger partial charge in [0.1, 0.15) is 0 Å². The molecule has 1 aliphatic carbocycles. The molecular formula is C11H23N3O3S. The van der Waals surface area contributed by atoms with Crippen molar-refractivity contribution in [1.82, 2.24) is 14.8 Å². The van der Waals surface area contributed by atoms with Crippen LogP contribution in [0.3, 0.4) is 0 Å². The van der Waals surface area contributed by atoms with Gasteiger partial charge in [0.15, 0.2) is 0 Å². The molecule has 18 heavy (non-hydrogen) atoms. The minimum Gasteiger partial charge on any atom is -0.383 e. The van der Waals surface area contributed by atoms with Gasteiger partial charge in [-0.1, -0.05) is 0 Å². The van der Waals surface area contributed by atoms with Crippen molar-refractivity contribution in [2.75, 3.05) is 33.4 Å². The van der Waals surface area contributed by atoms with E-state index in [1.165, 1.54) is 0 Å². The van der Waals surface area contributed by atoms with Crippen LogP contribution in [0.2, 0.25) is 0 Å². The molecule has 1 saturated carbocycles. The van der Waals surface area contributed by atoms with Crippen LogP contribution < -0.4 is 14.8 Å². The van der Waals surface area contributed by atoms with Gasteiger partial charge in [-0.05, 0) is 44.2 Å². The lowest BCUT2D eigenvalue weighted by Crippen LogP contribution is -2.46. The molecule has 2 rings (SSSR count). The lowest BCUT2D eigenvalue weighted by molar-refractivity contribution is 0.204. The molecular weight excluding hydrogens is 254 g/mol. The van der Waals surface area contributed by atoms with E-state index in [1.807, 2.05) is 0 Å². The maximum Gasteiger partial charge on any atom is 0.277 e. The van der Waals surface area contributed by atoms with Crippen LogP contribution >= 0.6 is 0 Å². The second-order valence-corrected chi connectivity index (χ2v) is 6.73. The number of methoxy groups -OCH3 is 1. The Morgan fingerprint density at radius 2 is 2.06 bits per heavy atom. The maximum atomic E-state index is 11.8. The van der Waals surface area contributed by atoms with E-state index in [0.717, 1.165) is 38.3 Å². The van der Waals surface area contributed by atoms with Gasteiger partial charge in [0, 0.05) is 19.7 Å². The van der Waals surface area contributed by atoms with Crippen molar-refractivity contribution in [2.24, 2.45) is 11.8 Å². The summed E-state index contributed by atoms with van der Waals surface area (Å²) in [6.45, 7) is 2.82. The molecule has 2 aliphatic rings. The van der Waals surface area contributed by atoms with Gasteiger partial charge in [-0.2, -0.15) is 17.9 Å². The van der Waals surface area contributed by atoms with Crippen molar-refractivity contribution in [3.05, 3.63) is 0 Å². The number of hydrogen-bond donors (Lipinski definition) is 3. The van der Waals surface area contributed by atoms with Gasteiger partial charge >= 0.3 is 0 Å². The topological polar surface area (TPSA) is 79.5 Å². The summed E-state index contributed by atoms with van der Waals surface area (Å²) in [4.78, 5) is 0. The largest absolute Gasteiger partial charge is 0.383 e. The highest BCUT2D eigenvalue weighted by Gasteiger charge is 2.34. The smallest absolute Gasteiger partial charge is 0.277 e. The monoisotopic (exact) mass is 277 g/mol. The Morgan fingerprint density at radius 3 is 2.83 bits per heavy atom. The van der Waals surface area contributed by atoms with Crippen LogP contribution in [0.25, 0.3) is 0 Å². The third-order valence-electron chi connectivity index (χ3n) is 3.87. The Labute approximate surface area is 109 Å². The van der Waals surface area contributed by atoms with Crippen LogP contribution in [0.5, 0.6) is 0 Å². The van der Waals surface area contributed by atoms with Crippen LogP contribution in [0.1, 0.15) is 19.3 Å². The lowest BCUT2D eigenvalue weighted by atomic mass is 9.79. The molecule has 0 aromatic rings. The van der Waals surface area contributed by atoms with Gasteiger partial charge in [-0.25, -0.2) is 0 Å². The van der Waals surface area contributed by atoms with Crippen LogP contribution in [-0.2, 0) is 14.9 Å². The summed E-state index contributed by atoms with van der Waals surface area (Å²) in [5, 5.41) is 3.38. The zero-order valence-electron chi connectivity index (χ0n) is 10.8. The van der Waals surface area contributed by atoms with Crippen LogP contribution in [0.4, 0.5) is 0 Å². The number of fused-ring (bicyclic) bond motifs is 1. The number of rotatable bonds is 6. The highest BCUT2D eigenvalue weighted by atomic mass is 32.2. The molecule has 0 bridgehead atoms. The molecule has 0 radical (unpaired) electrons. The molecule has 106 valence electrons. The Bertz CT molecular complexity index is 361. The van der Waals surface area contributed by atoms with E-state index in [1.54, 1.807) is 7.11 Å². The van der Waals surface area contributed by atoms with E-state index in [9.17, 15) is 8.42 Å². The summed E-state index contributed by atoms with van der Waals surface area (Å²) in [7, 11) is -1.83. The molecule has 3 atom stereocenters. The summed E-state index contributed by atoms with van der Waals surface area (Å²) in [5.41, 5.74) is 0. The van der Waals surface area contributed by atoms with E-state index >= 15 is 0 Å². The summed E-state index contributed by atoms with van der Waals surface area (Å²) in [5.74, 6) is 1.37. The average molecular weight is 277 g/mol. The summed E-state index contributed by atoms with van der Waals surface area (Å²) < 4.78 is 33.6. The van der Waals surface area contributed by atoms with E-state index in [2.05, 4.69) is 14.8 Å². The maximum absolute atomic E-state index is 11.8. The number of hydrogen-bond acceptors (Lipinski definition) is 4. The van der Waals surface area contributed by atoms with Crippen LogP contribution in [0, 0.1) is 11.8 Å². The van der Waals surface area contributed by atoms with Crippen molar-refractivity contribution < 1.29 is 13.2 Å². The quantitative estimate of drug-likeness (QED) is 0.569. The van der Waals surface area contributed by atoms with Crippen molar-refractivity contribution in [1.29, 1.82) is 0 Å². The summed E-state index contributed by atoms with van der Waals surface area (Å²) >= 11 is 0. The molecule has 0 spiro atoms. The van der Waals surface area contributed by atoms with E-state index in [4.69, 9.17) is 4.74 Å². The molecule has 7 heteroatoms. The highest BCUT2D eigenvalue weighted by molar-refractivity contribution is 7.87. The Balaban J connectivity index is 1.78. The fraction of sp³-hybridized carbons (Fsp3) is 1.00. The van der Waals surface area contributed by atoms with Gasteiger partial charge < -0.3 is 10.1 Å². The molecule has 3 N–H and O–H groups in total. The Morgan fingerprint density at radius 1 is 1.28 bits per heavy atom. The first-order valence-corrected chi connectivity index (χ1v) is 8.05. The molecule has 1 unspecified atom stereocenters. The predicted molar refractivity (Wildman–Crippen MR) is 69.4 cm³/mol. The Hall–Kier alpha value is -0.210. The lowest BCUT2D eigenvalue weighted by Gasteiger charge is -2.31. The van der Waals surface area contributed by atoms with Crippen molar-refractivity contribution >= 4 is 10.2 Å². The molecule has 2 fully saturated rings. The molecule has 1 heterocycles.